The summed E-state index contributed by atoms with van der Waals surface area (Å²) in [6.07, 6.45) is 0.931. The van der Waals surface area contributed by atoms with Gasteiger partial charge < -0.3 is 15.0 Å². The Kier molecular flexibility index (Phi) is 6.79. The maximum Gasteiger partial charge on any atom is 0.318 e. The predicted octanol–water partition coefficient (Wildman–Crippen LogP) is 2.86. The first-order chi connectivity index (χ1) is 11.8. The fourth-order valence-corrected chi connectivity index (χ4v) is 3.04. The number of nitrogens with zero attached hydrogens (tertiary/aromatic N) is 2. The Morgan fingerprint density at radius 3 is 2.72 bits per heavy atom. The number of rotatable bonds is 6. The summed E-state index contributed by atoms with van der Waals surface area (Å²) in [6, 6.07) is 6.51. The summed E-state index contributed by atoms with van der Waals surface area (Å²) in [5.74, 6) is -0.294. The number of ether oxygens (including phenoxy) is 1. The maximum absolute atomic E-state index is 13.9. The van der Waals surface area contributed by atoms with E-state index in [2.05, 4.69) is 31.0 Å². The highest BCUT2D eigenvalue weighted by atomic mass is 19.1. The fourth-order valence-electron chi connectivity index (χ4n) is 3.04. The molecule has 1 unspecified atom stereocenters. The van der Waals surface area contributed by atoms with E-state index in [1.165, 1.54) is 6.07 Å². The largest absolute Gasteiger partial charge is 0.383 e. The molecule has 1 aromatic carbocycles. The molecule has 1 heterocycles. The molecule has 1 aliphatic rings. The van der Waals surface area contributed by atoms with Crippen molar-refractivity contribution in [1.29, 1.82) is 0 Å². The van der Waals surface area contributed by atoms with Crippen LogP contribution < -0.4 is 5.32 Å². The van der Waals surface area contributed by atoms with Crippen molar-refractivity contribution in [2.24, 2.45) is 0 Å². The number of amides is 2. The van der Waals surface area contributed by atoms with Crippen LogP contribution in [0.15, 0.2) is 24.3 Å². The van der Waals surface area contributed by atoms with Gasteiger partial charge in [-0.05, 0) is 33.3 Å². The van der Waals surface area contributed by atoms with Crippen molar-refractivity contribution in [1.82, 2.24) is 15.1 Å². The van der Waals surface area contributed by atoms with Crippen molar-refractivity contribution in [3.63, 3.8) is 0 Å². The van der Waals surface area contributed by atoms with Crippen molar-refractivity contribution in [2.45, 2.75) is 45.3 Å². The van der Waals surface area contributed by atoms with E-state index in [1.807, 2.05) is 0 Å². The third kappa shape index (κ3) is 5.68. The summed E-state index contributed by atoms with van der Waals surface area (Å²) in [7, 11) is 1.59. The number of carbonyl (C=O) groups is 1. The molecule has 6 heteroatoms. The number of methoxy groups -OCH3 is 1. The van der Waals surface area contributed by atoms with Crippen LogP contribution >= 0.6 is 0 Å². The number of urea groups is 1. The molecule has 140 valence electrons. The number of hydrogen-bond donors (Lipinski definition) is 1. The molecule has 1 N–H and O–H groups in total. The lowest BCUT2D eigenvalue weighted by atomic mass is 10.1. The van der Waals surface area contributed by atoms with E-state index in [0.717, 1.165) is 19.5 Å². The Bertz CT molecular complexity index is 574. The number of halogens is 1. The zero-order valence-corrected chi connectivity index (χ0v) is 15.7. The number of likely N-dealkylation sites (tertiary alicyclic amines) is 1. The number of hydrogen-bond acceptors (Lipinski definition) is 3. The highest BCUT2D eigenvalue weighted by molar-refractivity contribution is 5.74. The molecule has 0 spiro atoms. The highest BCUT2D eigenvalue weighted by Crippen LogP contribution is 2.20. The van der Waals surface area contributed by atoms with Crippen LogP contribution in [0.25, 0.3) is 0 Å². The van der Waals surface area contributed by atoms with E-state index in [-0.39, 0.29) is 30.0 Å². The van der Waals surface area contributed by atoms with Gasteiger partial charge in [0.1, 0.15) is 5.82 Å². The Morgan fingerprint density at radius 1 is 1.40 bits per heavy atom. The lowest BCUT2D eigenvalue weighted by molar-refractivity contribution is 0.142. The molecule has 1 saturated heterocycles. The van der Waals surface area contributed by atoms with E-state index < -0.39 is 0 Å². The second-order valence-corrected chi connectivity index (χ2v) is 7.56. The number of carbonyl (C=O) groups excluding carboxylic acids is 1. The molecule has 1 aromatic rings. The van der Waals surface area contributed by atoms with Gasteiger partial charge in [0.25, 0.3) is 0 Å². The molecule has 0 bridgehead atoms. The second kappa shape index (κ2) is 8.63. The molecule has 1 atom stereocenters. The molecule has 0 aliphatic carbocycles. The first-order valence-corrected chi connectivity index (χ1v) is 8.84. The van der Waals surface area contributed by atoms with Gasteiger partial charge >= 0.3 is 6.03 Å². The molecule has 2 rings (SSSR count). The summed E-state index contributed by atoms with van der Waals surface area (Å²) in [5, 5.41) is 3.10. The minimum atomic E-state index is -0.294. The molecular weight excluding hydrogens is 321 g/mol. The van der Waals surface area contributed by atoms with Crippen LogP contribution in [-0.4, -0.2) is 60.8 Å². The molecule has 1 aliphatic heterocycles. The summed E-state index contributed by atoms with van der Waals surface area (Å²) < 4.78 is 19.0. The Balaban J connectivity index is 1.98. The lowest BCUT2D eigenvalue weighted by Crippen LogP contribution is -2.48. The van der Waals surface area contributed by atoms with Gasteiger partial charge in [-0.15, -0.1) is 0 Å². The molecule has 1 fully saturated rings. The molecule has 0 saturated carbocycles. The van der Waals surface area contributed by atoms with Crippen molar-refractivity contribution in [2.75, 3.05) is 33.4 Å². The molecule has 0 aromatic heterocycles. The van der Waals surface area contributed by atoms with Crippen molar-refractivity contribution in [3.05, 3.63) is 35.6 Å². The van der Waals surface area contributed by atoms with Crippen molar-refractivity contribution >= 4 is 6.03 Å². The van der Waals surface area contributed by atoms with Gasteiger partial charge in [0.15, 0.2) is 0 Å². The number of benzene rings is 1. The van der Waals surface area contributed by atoms with Gasteiger partial charge in [-0.3, -0.25) is 4.90 Å². The Hall–Kier alpha value is -1.66. The van der Waals surface area contributed by atoms with Crippen LogP contribution in [0.4, 0.5) is 9.18 Å². The topological polar surface area (TPSA) is 44.8 Å². The second-order valence-electron chi connectivity index (χ2n) is 7.56. The van der Waals surface area contributed by atoms with E-state index in [4.69, 9.17) is 4.74 Å². The first-order valence-electron chi connectivity index (χ1n) is 8.84. The van der Waals surface area contributed by atoms with Crippen LogP contribution in [0.5, 0.6) is 0 Å². The van der Waals surface area contributed by atoms with E-state index >= 15 is 0 Å². The van der Waals surface area contributed by atoms with Crippen LogP contribution in [-0.2, 0) is 11.3 Å². The Labute approximate surface area is 150 Å². The van der Waals surface area contributed by atoms with E-state index in [0.29, 0.717) is 18.7 Å². The average molecular weight is 351 g/mol. The normalized spacial score (nSPS) is 18.4. The molecule has 5 nitrogen and oxygen atoms in total. The maximum atomic E-state index is 13.9. The third-order valence-electron chi connectivity index (χ3n) is 4.64. The SMILES string of the molecule is COCCN(Cc1ccccc1F)C(=O)NC1CCN(C(C)(C)C)C1. The van der Waals surface area contributed by atoms with Gasteiger partial charge in [-0.1, -0.05) is 18.2 Å². The predicted molar refractivity (Wildman–Crippen MR) is 96.9 cm³/mol. The molecular formula is C19H30FN3O2. The minimum absolute atomic E-state index is 0.0996. The molecule has 2 amide bonds. The van der Waals surface area contributed by atoms with Crippen LogP contribution in [0.1, 0.15) is 32.8 Å². The van der Waals surface area contributed by atoms with Crippen LogP contribution in [0.2, 0.25) is 0 Å². The van der Waals surface area contributed by atoms with Crippen molar-refractivity contribution in [3.8, 4) is 0 Å². The van der Waals surface area contributed by atoms with E-state index in [1.54, 1.807) is 30.2 Å². The quantitative estimate of drug-likeness (QED) is 0.857. The fraction of sp³-hybridized carbons (Fsp3) is 0.632. The number of nitrogens with one attached hydrogen (secondary N) is 1. The van der Waals surface area contributed by atoms with Gasteiger partial charge in [0.05, 0.1) is 13.2 Å². The van der Waals surface area contributed by atoms with Gasteiger partial charge in [-0.25, -0.2) is 9.18 Å². The first kappa shape index (κ1) is 19.7. The van der Waals surface area contributed by atoms with Gasteiger partial charge in [0, 0.05) is 43.9 Å². The molecule has 25 heavy (non-hydrogen) atoms. The summed E-state index contributed by atoms with van der Waals surface area (Å²) in [5.41, 5.74) is 0.610. The van der Waals surface area contributed by atoms with Crippen LogP contribution in [0, 0.1) is 5.82 Å². The summed E-state index contributed by atoms with van der Waals surface area (Å²) in [4.78, 5) is 16.7. The van der Waals surface area contributed by atoms with Gasteiger partial charge in [0.2, 0.25) is 0 Å². The third-order valence-corrected chi connectivity index (χ3v) is 4.64. The monoisotopic (exact) mass is 351 g/mol. The van der Waals surface area contributed by atoms with Crippen molar-refractivity contribution < 1.29 is 13.9 Å². The standard InChI is InChI=1S/C19H30FN3O2/c1-19(2,3)23-10-9-16(14-23)21-18(24)22(11-12-25-4)13-15-7-5-6-8-17(15)20/h5-8,16H,9-14H2,1-4H3,(H,21,24). The minimum Gasteiger partial charge on any atom is -0.383 e. The summed E-state index contributed by atoms with van der Waals surface area (Å²) >= 11 is 0. The molecule has 0 radical (unpaired) electrons. The van der Waals surface area contributed by atoms with Crippen LogP contribution in [0.3, 0.4) is 0 Å². The van der Waals surface area contributed by atoms with E-state index in [9.17, 15) is 9.18 Å². The zero-order valence-electron chi connectivity index (χ0n) is 15.7. The van der Waals surface area contributed by atoms with Gasteiger partial charge in [-0.2, -0.15) is 0 Å². The average Bonchev–Trinajstić information content (AvgIpc) is 3.01. The Morgan fingerprint density at radius 2 is 2.12 bits per heavy atom. The zero-order chi connectivity index (χ0) is 18.4. The summed E-state index contributed by atoms with van der Waals surface area (Å²) in [6.45, 7) is 9.43. The lowest BCUT2D eigenvalue weighted by Gasteiger charge is -2.32. The highest BCUT2D eigenvalue weighted by Gasteiger charge is 2.31. The smallest absolute Gasteiger partial charge is 0.318 e.